The summed E-state index contributed by atoms with van der Waals surface area (Å²) < 4.78 is 15.8. The predicted molar refractivity (Wildman–Crippen MR) is 166 cm³/mol. The lowest BCUT2D eigenvalue weighted by Crippen LogP contribution is -2.54. The van der Waals surface area contributed by atoms with Crippen LogP contribution in [-0.2, 0) is 11.5 Å². The van der Waals surface area contributed by atoms with Crippen molar-refractivity contribution in [2.24, 2.45) is 0 Å². The molecule has 1 fully saturated rings. The van der Waals surface area contributed by atoms with E-state index >= 15 is 0 Å². The van der Waals surface area contributed by atoms with Gasteiger partial charge >= 0.3 is 5.69 Å². The zero-order valence-electron chi connectivity index (χ0n) is 23.8. The maximum Gasteiger partial charge on any atom is 0.355 e. The molecule has 0 aliphatic carbocycles. The normalized spacial score (nSPS) is 15.3. The smallest absolute Gasteiger partial charge is 0.350 e. The van der Waals surface area contributed by atoms with Crippen LogP contribution < -0.4 is 10.6 Å². The van der Waals surface area contributed by atoms with Crippen molar-refractivity contribution in [2.75, 3.05) is 24.5 Å². The first-order valence-corrected chi connectivity index (χ1v) is 14.1. The van der Waals surface area contributed by atoms with Gasteiger partial charge in [0.2, 0.25) is 5.91 Å². The highest BCUT2D eigenvalue weighted by molar-refractivity contribution is 6.34. The van der Waals surface area contributed by atoms with Crippen molar-refractivity contribution in [2.45, 2.75) is 39.4 Å². The first-order valence-electron chi connectivity index (χ1n) is 13.8. The fraction of sp³-hybridized carbons (Fsp3) is 0.281. The second-order valence-electron chi connectivity index (χ2n) is 10.6. The number of rotatable bonds is 7. The van der Waals surface area contributed by atoms with Crippen LogP contribution in [0, 0.1) is 0 Å². The number of piperazine rings is 1. The van der Waals surface area contributed by atoms with Crippen LogP contribution in [0.15, 0.2) is 66.6 Å². The van der Waals surface area contributed by atoms with Crippen molar-refractivity contribution < 1.29 is 9.18 Å². The van der Waals surface area contributed by atoms with E-state index in [-0.39, 0.29) is 23.5 Å². The molecule has 216 valence electrons. The average Bonchev–Trinajstić information content (AvgIpc) is 2.99. The third kappa shape index (κ3) is 5.09. The molecule has 1 saturated heterocycles. The highest BCUT2D eigenvalue weighted by atomic mass is 35.5. The van der Waals surface area contributed by atoms with Gasteiger partial charge in [-0.15, -0.1) is 0 Å². The zero-order chi connectivity index (χ0) is 30.1. The lowest BCUT2D eigenvalue weighted by Gasteiger charge is -2.40. The molecule has 0 radical (unpaired) electrons. The number of amides is 1. The third-order valence-electron chi connectivity index (χ3n) is 7.57. The first-order chi connectivity index (χ1) is 20.2. The summed E-state index contributed by atoms with van der Waals surface area (Å²) in [5, 5.41) is 0.886. The van der Waals surface area contributed by atoms with Gasteiger partial charge in [-0.2, -0.15) is 4.98 Å². The van der Waals surface area contributed by atoms with Gasteiger partial charge in [-0.25, -0.2) is 18.7 Å². The summed E-state index contributed by atoms with van der Waals surface area (Å²) in [6.07, 6.45) is 4.56. The maximum atomic E-state index is 14.4. The number of nitrogens with zero attached hydrogens (tertiary/aromatic N) is 6. The van der Waals surface area contributed by atoms with Gasteiger partial charge in [0.05, 0.1) is 27.5 Å². The number of carbonyl (C=O) groups excluding carboxylic acids is 1. The van der Waals surface area contributed by atoms with Crippen molar-refractivity contribution in [3.05, 3.63) is 94.2 Å². The van der Waals surface area contributed by atoms with Crippen LogP contribution in [0.25, 0.3) is 34.1 Å². The molecule has 42 heavy (non-hydrogen) atoms. The summed E-state index contributed by atoms with van der Waals surface area (Å²) in [7, 11) is 0. The summed E-state index contributed by atoms with van der Waals surface area (Å²) in [4.78, 5) is 44.1. The fourth-order valence-corrected chi connectivity index (χ4v) is 5.76. The Morgan fingerprint density at radius 3 is 2.62 bits per heavy atom. The second-order valence-corrected chi connectivity index (χ2v) is 11.0. The number of benzene rings is 1. The molecule has 0 saturated carbocycles. The molecule has 8 nitrogen and oxygen atoms in total. The van der Waals surface area contributed by atoms with Crippen molar-refractivity contribution in [1.29, 1.82) is 0 Å². The minimum Gasteiger partial charge on any atom is -0.350 e. The minimum absolute atomic E-state index is 0.114. The van der Waals surface area contributed by atoms with Gasteiger partial charge in [-0.1, -0.05) is 68.9 Å². The van der Waals surface area contributed by atoms with Crippen LogP contribution in [0.3, 0.4) is 0 Å². The number of pyridine rings is 2. The average molecular weight is 587 g/mol. The number of carbonyl (C=O) groups is 1. The Morgan fingerprint density at radius 2 is 1.95 bits per heavy atom. The van der Waals surface area contributed by atoms with E-state index in [1.807, 2.05) is 49.9 Å². The monoisotopic (exact) mass is 586 g/mol. The molecule has 1 amide bonds. The van der Waals surface area contributed by atoms with Crippen LogP contribution in [-0.4, -0.2) is 56.0 Å². The van der Waals surface area contributed by atoms with Crippen LogP contribution in [0.5, 0.6) is 0 Å². The van der Waals surface area contributed by atoms with Crippen LogP contribution >= 0.6 is 11.6 Å². The van der Waals surface area contributed by atoms with Crippen molar-refractivity contribution >= 4 is 40.4 Å². The Labute approximate surface area is 248 Å². The highest BCUT2D eigenvalue weighted by Crippen LogP contribution is 2.36. The van der Waals surface area contributed by atoms with Gasteiger partial charge in [-0.3, -0.25) is 9.78 Å². The number of alkyl halides is 1. The Hall–Kier alpha value is -4.37. The Bertz CT molecular complexity index is 1770. The molecule has 1 atom stereocenters. The molecule has 4 heterocycles. The van der Waals surface area contributed by atoms with Gasteiger partial charge < -0.3 is 9.80 Å². The minimum atomic E-state index is -0.802. The molecule has 1 aliphatic rings. The van der Waals surface area contributed by atoms with E-state index in [4.69, 9.17) is 16.6 Å². The number of aromatic nitrogens is 4. The molecular formula is C32H32ClFN6O2. The second kappa shape index (κ2) is 11.9. The van der Waals surface area contributed by atoms with Gasteiger partial charge in [-0.05, 0) is 36.6 Å². The fourth-order valence-electron chi connectivity index (χ4n) is 5.51. The number of hydrogen-bond acceptors (Lipinski definition) is 6. The number of fused-ring (bicyclic) bond motifs is 1. The van der Waals surface area contributed by atoms with Crippen molar-refractivity contribution in [1.82, 2.24) is 24.4 Å². The van der Waals surface area contributed by atoms with E-state index in [0.29, 0.717) is 58.5 Å². The summed E-state index contributed by atoms with van der Waals surface area (Å²) >= 11 is 6.91. The van der Waals surface area contributed by atoms with E-state index < -0.39 is 12.4 Å². The summed E-state index contributed by atoms with van der Waals surface area (Å²) in [5.41, 5.74) is 2.87. The molecular weight excluding hydrogens is 555 g/mol. The van der Waals surface area contributed by atoms with Crippen LogP contribution in [0.4, 0.5) is 10.2 Å². The van der Waals surface area contributed by atoms with E-state index in [0.717, 1.165) is 11.1 Å². The molecule has 0 spiro atoms. The third-order valence-corrected chi connectivity index (χ3v) is 7.86. The molecule has 1 aliphatic heterocycles. The first kappa shape index (κ1) is 29.1. The quantitative estimate of drug-likeness (QED) is 0.249. The SMILES string of the molecule is C=CC(=O)N1CCN(c2nc(=O)n(-c3c(CF)ccnc3C(C)C)c3nc(-c4ccccc4C=C)c(Cl)cc23)[C@@H](C)C1. The largest absolute Gasteiger partial charge is 0.355 e. The zero-order valence-corrected chi connectivity index (χ0v) is 24.6. The van der Waals surface area contributed by atoms with Gasteiger partial charge in [0.25, 0.3) is 0 Å². The van der Waals surface area contributed by atoms with Crippen LogP contribution in [0.2, 0.25) is 5.02 Å². The Morgan fingerprint density at radius 1 is 1.19 bits per heavy atom. The molecule has 4 aromatic rings. The lowest BCUT2D eigenvalue weighted by atomic mass is 10.0. The molecule has 3 aromatic heterocycles. The standard InChI is InChI=1S/C32H32ClFN6O2/c1-6-21-10-8-9-11-23(21)28-25(33)16-24-30(39-15-14-38(18-20(39)5)26(41)7-2)37-32(42)40(31(24)36-28)29-22(17-34)12-13-35-27(29)19(3)4/h6-13,16,19-20H,1-2,14-15,17-18H2,3-5H3/t20-/m0/s1. The Balaban J connectivity index is 1.84. The van der Waals surface area contributed by atoms with Crippen molar-refractivity contribution in [3.63, 3.8) is 0 Å². The summed E-state index contributed by atoms with van der Waals surface area (Å²) in [6, 6.07) is 10.7. The molecule has 0 bridgehead atoms. The van der Waals surface area contributed by atoms with Gasteiger partial charge in [0.1, 0.15) is 12.5 Å². The molecule has 10 heteroatoms. The van der Waals surface area contributed by atoms with E-state index in [2.05, 4.69) is 23.1 Å². The van der Waals surface area contributed by atoms with E-state index in [9.17, 15) is 14.0 Å². The predicted octanol–water partition coefficient (Wildman–Crippen LogP) is 5.96. The van der Waals surface area contributed by atoms with E-state index in [1.54, 1.807) is 29.3 Å². The summed E-state index contributed by atoms with van der Waals surface area (Å²) in [5.74, 6) is 0.137. The van der Waals surface area contributed by atoms with Gasteiger partial charge in [0.15, 0.2) is 5.65 Å². The molecule has 0 N–H and O–H groups in total. The number of halogens is 2. The summed E-state index contributed by atoms with van der Waals surface area (Å²) in [6.45, 7) is 13.8. The molecule has 1 aromatic carbocycles. The van der Waals surface area contributed by atoms with Gasteiger partial charge in [0, 0.05) is 43.0 Å². The number of anilines is 1. The number of hydrogen-bond donors (Lipinski definition) is 0. The maximum absolute atomic E-state index is 14.4. The van der Waals surface area contributed by atoms with E-state index in [1.165, 1.54) is 10.6 Å². The lowest BCUT2D eigenvalue weighted by molar-refractivity contribution is -0.126. The van der Waals surface area contributed by atoms with Crippen LogP contribution in [0.1, 0.15) is 43.5 Å². The molecule has 0 unspecified atom stereocenters. The topological polar surface area (TPSA) is 84.2 Å². The van der Waals surface area contributed by atoms with Crippen molar-refractivity contribution in [3.8, 4) is 16.9 Å². The Kier molecular flexibility index (Phi) is 8.22. The molecule has 5 rings (SSSR count). The highest BCUT2D eigenvalue weighted by Gasteiger charge is 2.30.